The number of benzene rings is 2. The Morgan fingerprint density at radius 1 is 1.06 bits per heavy atom. The fourth-order valence-electron chi connectivity index (χ4n) is 4.02. The molecule has 0 bridgehead atoms. The minimum absolute atomic E-state index is 0.0868. The van der Waals surface area contributed by atoms with Crippen LogP contribution in [0.4, 0.5) is 4.79 Å². The summed E-state index contributed by atoms with van der Waals surface area (Å²) >= 11 is 0. The average Bonchev–Trinajstić information content (AvgIpc) is 2.81. The molecule has 1 N–H and O–H groups in total. The van der Waals surface area contributed by atoms with Crippen molar-refractivity contribution in [1.82, 2.24) is 10.3 Å². The molecule has 6 nitrogen and oxygen atoms in total. The first-order chi connectivity index (χ1) is 16.5. The van der Waals surface area contributed by atoms with Gasteiger partial charge in [0.1, 0.15) is 6.61 Å². The summed E-state index contributed by atoms with van der Waals surface area (Å²) in [6.45, 7) is 13.5. The smallest absolute Gasteiger partial charge is 0.408 e. The second-order valence-corrected chi connectivity index (χ2v) is 10.1. The number of esters is 1. The van der Waals surface area contributed by atoms with Crippen LogP contribution in [0.2, 0.25) is 0 Å². The first-order valence-corrected chi connectivity index (χ1v) is 11.8. The predicted octanol–water partition coefficient (Wildman–Crippen LogP) is 6.39. The maximum atomic E-state index is 13.7. The lowest BCUT2D eigenvalue weighted by atomic mass is 9.75. The summed E-state index contributed by atoms with van der Waals surface area (Å²) in [5.41, 5.74) is 1.19. The Kier molecular flexibility index (Phi) is 7.95. The summed E-state index contributed by atoms with van der Waals surface area (Å²) in [6.07, 6.45) is 0.928. The van der Waals surface area contributed by atoms with Crippen molar-refractivity contribution in [3.8, 4) is 0 Å². The molecule has 1 amide bonds. The van der Waals surface area contributed by atoms with Crippen molar-refractivity contribution in [2.75, 3.05) is 0 Å². The van der Waals surface area contributed by atoms with Crippen LogP contribution in [-0.4, -0.2) is 23.2 Å². The Bertz CT molecular complexity index is 1200. The molecule has 184 valence electrons. The van der Waals surface area contributed by atoms with Crippen LogP contribution in [0.25, 0.3) is 17.0 Å². The Labute approximate surface area is 207 Å². The average molecular weight is 475 g/mol. The minimum Gasteiger partial charge on any atom is -0.461 e. The number of aromatic nitrogens is 1. The summed E-state index contributed by atoms with van der Waals surface area (Å²) in [6, 6.07) is 18.7. The third kappa shape index (κ3) is 6.69. The fourth-order valence-corrected chi connectivity index (χ4v) is 4.02. The molecule has 1 atom stereocenters. The standard InChI is InChI=1S/C29H34N2O4/c1-7-24-15-13-22-17-23(14-16-25(22)30-24)29(19-28(4,5)6,26(32)35-20(2)3)31-27(33)34-18-21-11-9-8-10-12-21/h7-17,20H,1,18-19H2,2-6H3,(H,31,33). The SMILES string of the molecule is C=Cc1ccc2cc(C(CC(C)(C)C)(NC(=O)OCc3ccccc3)C(=O)OC(C)C)ccc2n1. The van der Waals surface area contributed by atoms with E-state index in [0.29, 0.717) is 12.0 Å². The Morgan fingerprint density at radius 2 is 1.77 bits per heavy atom. The lowest BCUT2D eigenvalue weighted by Gasteiger charge is -2.38. The van der Waals surface area contributed by atoms with Gasteiger partial charge in [-0.15, -0.1) is 0 Å². The molecule has 1 heterocycles. The van der Waals surface area contributed by atoms with E-state index >= 15 is 0 Å². The summed E-state index contributed by atoms with van der Waals surface area (Å²) < 4.78 is 11.2. The van der Waals surface area contributed by atoms with Crippen molar-refractivity contribution < 1.29 is 19.1 Å². The highest BCUT2D eigenvalue weighted by Crippen LogP contribution is 2.38. The second-order valence-electron chi connectivity index (χ2n) is 10.1. The Hall–Kier alpha value is -3.67. The molecule has 3 rings (SSSR count). The van der Waals surface area contributed by atoms with E-state index in [4.69, 9.17) is 9.47 Å². The molecule has 1 unspecified atom stereocenters. The molecule has 3 aromatic rings. The number of ether oxygens (including phenoxy) is 2. The van der Waals surface area contributed by atoms with E-state index in [-0.39, 0.29) is 18.1 Å². The molecule has 1 aromatic heterocycles. The molecule has 0 aliphatic heterocycles. The van der Waals surface area contributed by atoms with E-state index in [9.17, 15) is 9.59 Å². The van der Waals surface area contributed by atoms with Gasteiger partial charge >= 0.3 is 12.1 Å². The maximum absolute atomic E-state index is 13.7. The number of fused-ring (bicyclic) bond motifs is 1. The number of nitrogens with zero attached hydrogens (tertiary/aromatic N) is 1. The van der Waals surface area contributed by atoms with Crippen molar-refractivity contribution in [3.05, 3.63) is 84.1 Å². The number of nitrogens with one attached hydrogen (secondary N) is 1. The van der Waals surface area contributed by atoms with E-state index in [1.165, 1.54) is 0 Å². The molecule has 0 saturated heterocycles. The van der Waals surface area contributed by atoms with E-state index < -0.39 is 17.6 Å². The van der Waals surface area contributed by atoms with E-state index in [2.05, 4.69) is 16.9 Å². The van der Waals surface area contributed by atoms with Crippen molar-refractivity contribution in [2.24, 2.45) is 5.41 Å². The highest BCUT2D eigenvalue weighted by atomic mass is 16.6. The molecule has 0 saturated carbocycles. The van der Waals surface area contributed by atoms with Gasteiger partial charge < -0.3 is 14.8 Å². The number of alkyl carbamates (subject to hydrolysis) is 1. The lowest BCUT2D eigenvalue weighted by Crippen LogP contribution is -2.55. The first-order valence-electron chi connectivity index (χ1n) is 11.8. The zero-order valence-electron chi connectivity index (χ0n) is 21.1. The van der Waals surface area contributed by atoms with Gasteiger partial charge in [0.05, 0.1) is 17.3 Å². The maximum Gasteiger partial charge on any atom is 0.408 e. The zero-order valence-corrected chi connectivity index (χ0v) is 21.1. The Morgan fingerprint density at radius 3 is 2.40 bits per heavy atom. The monoisotopic (exact) mass is 474 g/mol. The molecule has 0 aliphatic carbocycles. The van der Waals surface area contributed by atoms with Crippen LogP contribution in [0.3, 0.4) is 0 Å². The largest absolute Gasteiger partial charge is 0.461 e. The Balaban J connectivity index is 2.06. The molecule has 2 aromatic carbocycles. The number of carbonyl (C=O) groups is 2. The van der Waals surface area contributed by atoms with Gasteiger partial charge in [-0.25, -0.2) is 14.6 Å². The molecule has 0 radical (unpaired) electrons. The van der Waals surface area contributed by atoms with Crippen LogP contribution in [0, 0.1) is 5.41 Å². The second kappa shape index (κ2) is 10.7. The van der Waals surface area contributed by atoms with E-state index in [1.807, 2.05) is 81.4 Å². The van der Waals surface area contributed by atoms with Crippen molar-refractivity contribution >= 4 is 29.0 Å². The van der Waals surface area contributed by atoms with Crippen molar-refractivity contribution in [2.45, 2.75) is 59.3 Å². The van der Waals surface area contributed by atoms with Crippen LogP contribution < -0.4 is 5.32 Å². The normalized spacial score (nSPS) is 13.2. The van der Waals surface area contributed by atoms with Crippen LogP contribution in [0.5, 0.6) is 0 Å². The van der Waals surface area contributed by atoms with Gasteiger partial charge in [-0.3, -0.25) is 0 Å². The summed E-state index contributed by atoms with van der Waals surface area (Å²) in [4.78, 5) is 31.3. The van der Waals surface area contributed by atoms with Crippen LogP contribution in [0.15, 0.2) is 67.2 Å². The highest BCUT2D eigenvalue weighted by Gasteiger charge is 2.47. The van der Waals surface area contributed by atoms with Gasteiger partial charge in [-0.05, 0) is 61.1 Å². The lowest BCUT2D eigenvalue weighted by molar-refractivity contribution is -0.157. The summed E-state index contributed by atoms with van der Waals surface area (Å²) in [5, 5.41) is 3.73. The van der Waals surface area contributed by atoms with Gasteiger partial charge in [-0.2, -0.15) is 0 Å². The number of rotatable bonds is 8. The van der Waals surface area contributed by atoms with Crippen molar-refractivity contribution in [1.29, 1.82) is 0 Å². The van der Waals surface area contributed by atoms with Crippen LogP contribution in [-0.2, 0) is 26.4 Å². The number of hydrogen-bond donors (Lipinski definition) is 1. The van der Waals surface area contributed by atoms with Gasteiger partial charge in [-0.1, -0.05) is 69.8 Å². The topological polar surface area (TPSA) is 77.5 Å². The molecule has 0 aliphatic rings. The van der Waals surface area contributed by atoms with Gasteiger partial charge in [0.15, 0.2) is 5.54 Å². The fraction of sp³-hybridized carbons (Fsp3) is 0.345. The minimum atomic E-state index is -1.46. The number of amides is 1. The van der Waals surface area contributed by atoms with E-state index in [0.717, 1.165) is 22.2 Å². The molecule has 0 spiro atoms. The summed E-state index contributed by atoms with van der Waals surface area (Å²) in [7, 11) is 0. The van der Waals surface area contributed by atoms with Crippen LogP contribution in [0.1, 0.15) is 57.9 Å². The van der Waals surface area contributed by atoms with Gasteiger partial charge in [0.25, 0.3) is 0 Å². The zero-order chi connectivity index (χ0) is 25.6. The number of pyridine rings is 1. The molecule has 6 heteroatoms. The van der Waals surface area contributed by atoms with Crippen LogP contribution >= 0.6 is 0 Å². The highest BCUT2D eigenvalue weighted by molar-refractivity contribution is 5.90. The predicted molar refractivity (Wildman–Crippen MR) is 139 cm³/mol. The quantitative estimate of drug-likeness (QED) is 0.383. The van der Waals surface area contributed by atoms with Gasteiger partial charge in [0.2, 0.25) is 0 Å². The van der Waals surface area contributed by atoms with E-state index in [1.54, 1.807) is 19.9 Å². The number of carbonyl (C=O) groups excluding carboxylic acids is 2. The van der Waals surface area contributed by atoms with Crippen molar-refractivity contribution in [3.63, 3.8) is 0 Å². The number of hydrogen-bond acceptors (Lipinski definition) is 5. The molecular weight excluding hydrogens is 440 g/mol. The first kappa shape index (κ1) is 25.9. The summed E-state index contributed by atoms with van der Waals surface area (Å²) in [5.74, 6) is -0.533. The molecule has 35 heavy (non-hydrogen) atoms. The molecule has 0 fully saturated rings. The third-order valence-corrected chi connectivity index (χ3v) is 5.43. The molecular formula is C29H34N2O4. The third-order valence-electron chi connectivity index (χ3n) is 5.43. The van der Waals surface area contributed by atoms with Gasteiger partial charge in [0, 0.05) is 5.39 Å².